The molecule has 0 aliphatic heterocycles. The smallest absolute Gasteiger partial charge is 0.268 e. The maximum Gasteiger partial charge on any atom is 0.268 e. The Morgan fingerprint density at radius 3 is 2.67 bits per heavy atom. The predicted molar refractivity (Wildman–Crippen MR) is 117 cm³/mol. The van der Waals surface area contributed by atoms with Gasteiger partial charge in [0.05, 0.1) is 0 Å². The fourth-order valence-electron chi connectivity index (χ4n) is 3.10. The summed E-state index contributed by atoms with van der Waals surface area (Å²) in [5, 5.41) is 14.6. The second-order valence-electron chi connectivity index (χ2n) is 6.63. The Bertz CT molecular complexity index is 1280. The Labute approximate surface area is 176 Å². The van der Waals surface area contributed by atoms with Gasteiger partial charge in [0.1, 0.15) is 17.5 Å². The van der Waals surface area contributed by atoms with Gasteiger partial charge in [0.15, 0.2) is 5.13 Å². The Hall–Kier alpha value is -3.82. The molecule has 1 N–H and O–H groups in total. The van der Waals surface area contributed by atoms with E-state index in [1.54, 1.807) is 24.4 Å². The van der Waals surface area contributed by atoms with Crippen molar-refractivity contribution in [3.05, 3.63) is 100 Å². The fourth-order valence-corrected chi connectivity index (χ4v) is 3.94. The van der Waals surface area contributed by atoms with Gasteiger partial charge in [-0.25, -0.2) is 9.37 Å². The Morgan fingerprint density at radius 2 is 1.87 bits per heavy atom. The maximum atomic E-state index is 13.0. The van der Waals surface area contributed by atoms with Gasteiger partial charge in [-0.1, -0.05) is 54.6 Å². The van der Waals surface area contributed by atoms with Crippen molar-refractivity contribution in [2.45, 2.75) is 6.42 Å². The van der Waals surface area contributed by atoms with Crippen LogP contribution in [0, 0.1) is 17.1 Å². The first-order valence-corrected chi connectivity index (χ1v) is 10.0. The molecule has 4 rings (SSSR count). The van der Waals surface area contributed by atoms with Crippen molar-refractivity contribution in [2.24, 2.45) is 0 Å². The van der Waals surface area contributed by atoms with Crippen LogP contribution in [0.2, 0.25) is 0 Å². The molecular formula is C24H16FN3OS. The van der Waals surface area contributed by atoms with Gasteiger partial charge >= 0.3 is 0 Å². The summed E-state index contributed by atoms with van der Waals surface area (Å²) in [4.78, 5) is 17.8. The number of halogens is 1. The number of rotatable bonds is 5. The SMILES string of the molecule is N#CC(=Cc1cccc2ccccc12)C(=O)Nc1ncc(Cc2ccc(F)cc2)s1. The second-order valence-corrected chi connectivity index (χ2v) is 7.74. The number of amides is 1. The molecule has 0 fully saturated rings. The Balaban J connectivity index is 1.51. The summed E-state index contributed by atoms with van der Waals surface area (Å²) in [6.45, 7) is 0. The number of anilines is 1. The Morgan fingerprint density at radius 1 is 1.10 bits per heavy atom. The molecule has 1 amide bonds. The number of benzene rings is 3. The summed E-state index contributed by atoms with van der Waals surface area (Å²) in [7, 11) is 0. The van der Waals surface area contributed by atoms with Gasteiger partial charge in [-0.3, -0.25) is 10.1 Å². The van der Waals surface area contributed by atoms with Crippen LogP contribution in [0.25, 0.3) is 16.8 Å². The standard InChI is InChI=1S/C24H16FN3OS/c25-20-10-8-16(9-11-20)12-21-15-27-24(30-21)28-23(29)19(14-26)13-18-6-3-5-17-4-1-2-7-22(17)18/h1-11,13,15H,12H2,(H,27,28,29). The third kappa shape index (κ3) is 4.43. The highest BCUT2D eigenvalue weighted by atomic mass is 32.1. The first-order chi connectivity index (χ1) is 14.6. The van der Waals surface area contributed by atoms with E-state index in [-0.39, 0.29) is 11.4 Å². The van der Waals surface area contributed by atoms with E-state index >= 15 is 0 Å². The quantitative estimate of drug-likeness (QED) is 0.343. The Kier molecular flexibility index (Phi) is 5.64. The number of hydrogen-bond acceptors (Lipinski definition) is 4. The predicted octanol–water partition coefficient (Wildman–Crippen LogP) is 5.57. The molecule has 146 valence electrons. The van der Waals surface area contributed by atoms with Gasteiger partial charge in [0.2, 0.25) is 0 Å². The fraction of sp³-hybridized carbons (Fsp3) is 0.0417. The molecule has 0 atom stereocenters. The lowest BCUT2D eigenvalue weighted by atomic mass is 10.0. The zero-order valence-corrected chi connectivity index (χ0v) is 16.6. The van der Waals surface area contributed by atoms with E-state index in [0.29, 0.717) is 11.6 Å². The summed E-state index contributed by atoms with van der Waals surface area (Å²) in [6.07, 6.45) is 3.85. The first-order valence-electron chi connectivity index (χ1n) is 9.22. The van der Waals surface area contributed by atoms with Gasteiger partial charge in [-0.05, 0) is 40.1 Å². The average molecular weight is 413 g/mol. The minimum Gasteiger partial charge on any atom is -0.297 e. The number of fused-ring (bicyclic) bond motifs is 1. The number of hydrogen-bond donors (Lipinski definition) is 1. The third-order valence-corrected chi connectivity index (χ3v) is 5.47. The summed E-state index contributed by atoms with van der Waals surface area (Å²) < 4.78 is 13.0. The van der Waals surface area contributed by atoms with E-state index in [2.05, 4.69) is 10.3 Å². The van der Waals surface area contributed by atoms with Crippen LogP contribution in [0.3, 0.4) is 0 Å². The molecule has 1 aromatic heterocycles. The van der Waals surface area contributed by atoms with E-state index < -0.39 is 5.91 Å². The highest BCUT2D eigenvalue weighted by Crippen LogP contribution is 2.24. The summed E-state index contributed by atoms with van der Waals surface area (Å²) in [6, 6.07) is 21.8. The zero-order valence-electron chi connectivity index (χ0n) is 15.8. The molecule has 0 bridgehead atoms. The van der Waals surface area contributed by atoms with Crippen LogP contribution >= 0.6 is 11.3 Å². The summed E-state index contributed by atoms with van der Waals surface area (Å²) in [5.74, 6) is -0.786. The van der Waals surface area contributed by atoms with E-state index in [4.69, 9.17) is 0 Å². The van der Waals surface area contributed by atoms with Crippen LogP contribution < -0.4 is 5.32 Å². The average Bonchev–Trinajstić information content (AvgIpc) is 3.20. The van der Waals surface area contributed by atoms with Crippen molar-refractivity contribution in [3.8, 4) is 6.07 Å². The van der Waals surface area contributed by atoms with Crippen molar-refractivity contribution in [2.75, 3.05) is 5.32 Å². The molecule has 0 spiro atoms. The second kappa shape index (κ2) is 8.68. The van der Waals surface area contributed by atoms with Crippen molar-refractivity contribution in [1.29, 1.82) is 5.26 Å². The molecule has 0 aliphatic rings. The van der Waals surface area contributed by atoms with Crippen LogP contribution in [0.1, 0.15) is 16.0 Å². The first kappa shape index (κ1) is 19.5. The zero-order chi connectivity index (χ0) is 20.9. The van der Waals surface area contributed by atoms with Crippen molar-refractivity contribution in [3.63, 3.8) is 0 Å². The highest BCUT2D eigenvalue weighted by Gasteiger charge is 2.13. The lowest BCUT2D eigenvalue weighted by Crippen LogP contribution is -2.13. The van der Waals surface area contributed by atoms with E-state index in [9.17, 15) is 14.4 Å². The lowest BCUT2D eigenvalue weighted by Gasteiger charge is -2.04. The maximum absolute atomic E-state index is 13.0. The molecule has 1 heterocycles. The molecule has 0 unspecified atom stereocenters. The lowest BCUT2D eigenvalue weighted by molar-refractivity contribution is -0.112. The van der Waals surface area contributed by atoms with E-state index in [1.807, 2.05) is 48.5 Å². The van der Waals surface area contributed by atoms with Crippen molar-refractivity contribution >= 4 is 39.2 Å². The molecule has 30 heavy (non-hydrogen) atoms. The van der Waals surface area contributed by atoms with E-state index in [0.717, 1.165) is 26.8 Å². The molecule has 0 saturated carbocycles. The van der Waals surface area contributed by atoms with Crippen LogP contribution in [0.15, 0.2) is 78.5 Å². The number of nitriles is 1. The van der Waals surface area contributed by atoms with Crippen LogP contribution in [-0.2, 0) is 11.2 Å². The topological polar surface area (TPSA) is 65.8 Å². The number of thiazole rings is 1. The van der Waals surface area contributed by atoms with Gasteiger partial charge < -0.3 is 0 Å². The summed E-state index contributed by atoms with van der Waals surface area (Å²) >= 11 is 1.32. The van der Waals surface area contributed by atoms with Gasteiger partial charge in [0, 0.05) is 17.5 Å². The van der Waals surface area contributed by atoms with Gasteiger partial charge in [0.25, 0.3) is 5.91 Å². The van der Waals surface area contributed by atoms with Crippen LogP contribution in [0.5, 0.6) is 0 Å². The molecular weight excluding hydrogens is 397 g/mol. The largest absolute Gasteiger partial charge is 0.297 e. The molecule has 0 aliphatic carbocycles. The third-order valence-electron chi connectivity index (χ3n) is 4.55. The minimum atomic E-state index is -0.506. The molecule has 0 radical (unpaired) electrons. The molecule has 3 aromatic carbocycles. The summed E-state index contributed by atoms with van der Waals surface area (Å²) in [5.41, 5.74) is 1.75. The number of carbonyl (C=O) groups excluding carboxylic acids is 1. The molecule has 0 saturated heterocycles. The van der Waals surface area contributed by atoms with Gasteiger partial charge in [-0.2, -0.15) is 5.26 Å². The van der Waals surface area contributed by atoms with Gasteiger partial charge in [-0.15, -0.1) is 11.3 Å². The van der Waals surface area contributed by atoms with Crippen LogP contribution in [-0.4, -0.2) is 10.9 Å². The molecule has 6 heteroatoms. The van der Waals surface area contributed by atoms with Crippen LogP contribution in [0.4, 0.5) is 9.52 Å². The van der Waals surface area contributed by atoms with E-state index in [1.165, 1.54) is 23.5 Å². The monoisotopic (exact) mass is 413 g/mol. The number of nitrogens with one attached hydrogen (secondary N) is 1. The number of carbonyl (C=O) groups is 1. The van der Waals surface area contributed by atoms with Crippen molar-refractivity contribution in [1.82, 2.24) is 4.98 Å². The number of nitrogens with zero attached hydrogens (tertiary/aromatic N) is 2. The normalized spacial score (nSPS) is 11.3. The highest BCUT2D eigenvalue weighted by molar-refractivity contribution is 7.15. The minimum absolute atomic E-state index is 0.00152. The molecule has 4 aromatic rings. The van der Waals surface area contributed by atoms with Crippen molar-refractivity contribution < 1.29 is 9.18 Å². The molecule has 4 nitrogen and oxygen atoms in total. The number of aromatic nitrogens is 1.